The van der Waals surface area contributed by atoms with E-state index in [1.165, 1.54) is 19.1 Å². The van der Waals surface area contributed by atoms with Crippen LogP contribution in [-0.4, -0.2) is 49.0 Å². The summed E-state index contributed by atoms with van der Waals surface area (Å²) in [5.74, 6) is -0.526. The molecule has 0 aliphatic heterocycles. The number of carboxylic acids is 1. The molecule has 0 bridgehead atoms. The summed E-state index contributed by atoms with van der Waals surface area (Å²) in [5.41, 5.74) is 0.594. The van der Waals surface area contributed by atoms with Crippen LogP contribution in [0.4, 0.5) is 10.5 Å². The monoisotopic (exact) mass is 282 g/mol. The van der Waals surface area contributed by atoms with Gasteiger partial charge in [0.2, 0.25) is 0 Å². The predicted octanol–water partition coefficient (Wildman–Crippen LogP) is 0.677. The van der Waals surface area contributed by atoms with E-state index in [9.17, 15) is 9.59 Å². The van der Waals surface area contributed by atoms with Gasteiger partial charge in [-0.3, -0.25) is 4.90 Å². The van der Waals surface area contributed by atoms with Crippen LogP contribution >= 0.6 is 0 Å². The highest BCUT2D eigenvalue weighted by atomic mass is 16.5. The fourth-order valence-corrected chi connectivity index (χ4v) is 1.56. The van der Waals surface area contributed by atoms with Crippen molar-refractivity contribution in [2.24, 2.45) is 0 Å². The molecule has 0 spiro atoms. The maximum atomic E-state index is 11.9. The third-order valence-corrected chi connectivity index (χ3v) is 2.78. The van der Waals surface area contributed by atoms with E-state index in [0.717, 1.165) is 0 Å². The Balaban J connectivity index is 2.71. The molecule has 0 saturated heterocycles. The number of amides is 2. The second-order valence-corrected chi connectivity index (χ2v) is 4.11. The molecule has 20 heavy (non-hydrogen) atoms. The molecule has 0 heterocycles. The van der Waals surface area contributed by atoms with Gasteiger partial charge in [0.1, 0.15) is 11.8 Å². The lowest BCUT2D eigenvalue weighted by molar-refractivity contribution is -0.139. The number of aliphatic hydroxyl groups is 1. The second-order valence-electron chi connectivity index (χ2n) is 4.11. The Labute approximate surface area is 116 Å². The van der Waals surface area contributed by atoms with E-state index in [0.29, 0.717) is 11.4 Å². The van der Waals surface area contributed by atoms with Crippen molar-refractivity contribution < 1.29 is 24.5 Å². The maximum absolute atomic E-state index is 11.9. The van der Waals surface area contributed by atoms with E-state index >= 15 is 0 Å². The first-order valence-corrected chi connectivity index (χ1v) is 6.01. The predicted molar refractivity (Wildman–Crippen MR) is 73.1 cm³/mol. The van der Waals surface area contributed by atoms with Gasteiger partial charge in [-0.25, -0.2) is 9.59 Å². The van der Waals surface area contributed by atoms with E-state index in [2.05, 4.69) is 5.32 Å². The number of anilines is 1. The summed E-state index contributed by atoms with van der Waals surface area (Å²) in [5, 5.41) is 20.0. The average molecular weight is 282 g/mol. The first-order valence-electron chi connectivity index (χ1n) is 6.01. The van der Waals surface area contributed by atoms with Crippen molar-refractivity contribution in [2.45, 2.75) is 12.5 Å². The summed E-state index contributed by atoms with van der Waals surface area (Å²) in [6, 6.07) is 5.08. The number of urea groups is 1. The molecule has 0 fully saturated rings. The number of nitrogens with one attached hydrogen (secondary N) is 1. The molecule has 0 radical (unpaired) electrons. The van der Waals surface area contributed by atoms with Crippen LogP contribution in [0, 0.1) is 0 Å². The third kappa shape index (κ3) is 4.13. The van der Waals surface area contributed by atoms with Crippen LogP contribution < -0.4 is 15.0 Å². The molecule has 0 saturated carbocycles. The van der Waals surface area contributed by atoms with Crippen LogP contribution in [0.15, 0.2) is 24.3 Å². The normalized spacial score (nSPS) is 11.6. The highest BCUT2D eigenvalue weighted by Gasteiger charge is 2.21. The van der Waals surface area contributed by atoms with Crippen LogP contribution in [0.3, 0.4) is 0 Å². The fourth-order valence-electron chi connectivity index (χ4n) is 1.56. The SMILES string of the molecule is COc1ccc(N(C)C(=O)N[C@@H](CCO)C(=O)O)cc1. The highest BCUT2D eigenvalue weighted by Crippen LogP contribution is 2.18. The molecule has 1 aromatic carbocycles. The van der Waals surface area contributed by atoms with Gasteiger partial charge in [0.05, 0.1) is 7.11 Å². The number of nitrogens with zero attached hydrogens (tertiary/aromatic N) is 1. The van der Waals surface area contributed by atoms with E-state index in [1.807, 2.05) is 0 Å². The Hall–Kier alpha value is -2.28. The van der Waals surface area contributed by atoms with Crippen molar-refractivity contribution in [3.05, 3.63) is 24.3 Å². The lowest BCUT2D eigenvalue weighted by Gasteiger charge is -2.21. The number of rotatable bonds is 6. The van der Waals surface area contributed by atoms with Crippen molar-refractivity contribution in [3.8, 4) is 5.75 Å². The van der Waals surface area contributed by atoms with E-state index in [1.54, 1.807) is 24.3 Å². The number of benzene rings is 1. The Morgan fingerprint density at radius 3 is 2.40 bits per heavy atom. The topological polar surface area (TPSA) is 99.1 Å². The molecule has 7 heteroatoms. The molecule has 7 nitrogen and oxygen atoms in total. The molecule has 0 aromatic heterocycles. The molecule has 1 rings (SSSR count). The Morgan fingerprint density at radius 2 is 1.95 bits per heavy atom. The summed E-state index contributed by atoms with van der Waals surface area (Å²) < 4.78 is 5.01. The zero-order chi connectivity index (χ0) is 15.1. The number of carboxylic acid groups (broad SMARTS) is 1. The van der Waals surface area contributed by atoms with Crippen LogP contribution in [-0.2, 0) is 4.79 Å². The van der Waals surface area contributed by atoms with E-state index < -0.39 is 18.0 Å². The first kappa shape index (κ1) is 15.8. The second kappa shape index (κ2) is 7.34. The standard InChI is InChI=1S/C13H18N2O5/c1-15(9-3-5-10(20-2)6-4-9)13(19)14-11(7-8-16)12(17)18/h3-6,11,16H,7-8H2,1-2H3,(H,14,19)(H,17,18)/t11-/m0/s1. The molecule has 1 atom stereocenters. The maximum Gasteiger partial charge on any atom is 0.326 e. The number of ether oxygens (including phenoxy) is 1. The Morgan fingerprint density at radius 1 is 1.35 bits per heavy atom. The Kier molecular flexibility index (Phi) is 5.79. The van der Waals surface area contributed by atoms with Gasteiger partial charge in [0, 0.05) is 25.8 Å². The van der Waals surface area contributed by atoms with E-state index in [4.69, 9.17) is 14.9 Å². The number of aliphatic carboxylic acids is 1. The molecule has 0 aliphatic carbocycles. The molecule has 1 aromatic rings. The molecule has 110 valence electrons. The van der Waals surface area contributed by atoms with Gasteiger partial charge in [0.25, 0.3) is 0 Å². The van der Waals surface area contributed by atoms with Gasteiger partial charge < -0.3 is 20.3 Å². The highest BCUT2D eigenvalue weighted by molar-refractivity contribution is 5.94. The summed E-state index contributed by atoms with van der Waals surface area (Å²) in [6.07, 6.45) is -0.0441. The zero-order valence-electron chi connectivity index (χ0n) is 11.4. The number of aliphatic hydroxyl groups excluding tert-OH is 1. The van der Waals surface area contributed by atoms with Gasteiger partial charge in [-0.1, -0.05) is 0 Å². The minimum atomic E-state index is -1.18. The van der Waals surface area contributed by atoms with Crippen LogP contribution in [0.1, 0.15) is 6.42 Å². The first-order chi connectivity index (χ1) is 9.49. The number of hydrogen-bond donors (Lipinski definition) is 3. The molecule has 0 aliphatic rings. The number of methoxy groups -OCH3 is 1. The number of carbonyl (C=O) groups excluding carboxylic acids is 1. The molecular weight excluding hydrogens is 264 g/mol. The lowest BCUT2D eigenvalue weighted by atomic mass is 10.2. The summed E-state index contributed by atoms with van der Waals surface area (Å²) in [4.78, 5) is 24.1. The molecule has 2 amide bonds. The quantitative estimate of drug-likeness (QED) is 0.712. The summed E-state index contributed by atoms with van der Waals surface area (Å²) in [6.45, 7) is -0.316. The van der Waals surface area contributed by atoms with Gasteiger partial charge in [-0.2, -0.15) is 0 Å². The largest absolute Gasteiger partial charge is 0.497 e. The fraction of sp³-hybridized carbons (Fsp3) is 0.385. The Bertz CT molecular complexity index is 460. The van der Waals surface area contributed by atoms with Gasteiger partial charge in [-0.05, 0) is 24.3 Å². The van der Waals surface area contributed by atoms with Gasteiger partial charge in [0.15, 0.2) is 0 Å². The van der Waals surface area contributed by atoms with Crippen LogP contribution in [0.5, 0.6) is 5.75 Å². The molecule has 0 unspecified atom stereocenters. The van der Waals surface area contributed by atoms with Crippen molar-refractivity contribution in [1.29, 1.82) is 0 Å². The van der Waals surface area contributed by atoms with Crippen LogP contribution in [0.2, 0.25) is 0 Å². The number of carbonyl (C=O) groups is 2. The van der Waals surface area contributed by atoms with E-state index in [-0.39, 0.29) is 13.0 Å². The molecular formula is C13H18N2O5. The minimum Gasteiger partial charge on any atom is -0.497 e. The smallest absolute Gasteiger partial charge is 0.326 e. The number of hydrogen-bond acceptors (Lipinski definition) is 4. The van der Waals surface area contributed by atoms with Crippen LogP contribution in [0.25, 0.3) is 0 Å². The zero-order valence-corrected chi connectivity index (χ0v) is 11.4. The third-order valence-electron chi connectivity index (χ3n) is 2.78. The van der Waals surface area contributed by atoms with Gasteiger partial charge in [-0.15, -0.1) is 0 Å². The van der Waals surface area contributed by atoms with Crippen molar-refractivity contribution in [1.82, 2.24) is 5.32 Å². The lowest BCUT2D eigenvalue weighted by Crippen LogP contribution is -2.47. The van der Waals surface area contributed by atoms with Crippen molar-refractivity contribution >= 4 is 17.7 Å². The molecule has 3 N–H and O–H groups in total. The summed E-state index contributed by atoms with van der Waals surface area (Å²) >= 11 is 0. The van der Waals surface area contributed by atoms with Crippen molar-refractivity contribution in [2.75, 3.05) is 25.7 Å². The summed E-state index contributed by atoms with van der Waals surface area (Å²) in [7, 11) is 3.06. The van der Waals surface area contributed by atoms with Gasteiger partial charge >= 0.3 is 12.0 Å². The minimum absolute atomic E-state index is 0.0441. The van der Waals surface area contributed by atoms with Crippen molar-refractivity contribution in [3.63, 3.8) is 0 Å². The average Bonchev–Trinajstić information content (AvgIpc) is 2.45.